The minimum Gasteiger partial charge on any atom is -0.467 e. The SMILES string of the molecule is Cc1nnc(-c2ccc(Oc3ccc(OC4(CC5CCCO5)C(=O)NC(=O)NC4=O)cc3)cn2)o1. The molecule has 0 spiro atoms. The van der Waals surface area contributed by atoms with Crippen molar-refractivity contribution < 1.29 is 33.0 Å². The molecule has 2 aliphatic heterocycles. The first kappa shape index (κ1) is 22.5. The van der Waals surface area contributed by atoms with E-state index in [4.69, 9.17) is 18.6 Å². The molecule has 0 radical (unpaired) electrons. The number of amides is 4. The molecule has 0 saturated carbocycles. The largest absolute Gasteiger partial charge is 0.467 e. The van der Waals surface area contributed by atoms with E-state index in [1.165, 1.54) is 6.20 Å². The number of nitrogens with one attached hydrogen (secondary N) is 2. The Bertz CT molecular complexity index is 1230. The summed E-state index contributed by atoms with van der Waals surface area (Å²) >= 11 is 0. The summed E-state index contributed by atoms with van der Waals surface area (Å²) < 4.78 is 22.7. The Kier molecular flexibility index (Phi) is 5.87. The number of barbiturate groups is 1. The Balaban J connectivity index is 1.30. The lowest BCUT2D eigenvalue weighted by Gasteiger charge is -2.35. The lowest BCUT2D eigenvalue weighted by molar-refractivity contribution is -0.154. The van der Waals surface area contributed by atoms with Gasteiger partial charge in [-0.2, -0.15) is 0 Å². The molecule has 12 heteroatoms. The molecule has 2 saturated heterocycles. The van der Waals surface area contributed by atoms with Gasteiger partial charge in [0.25, 0.3) is 23.3 Å². The highest BCUT2D eigenvalue weighted by atomic mass is 16.5. The Morgan fingerprint density at radius 1 is 1.00 bits per heavy atom. The summed E-state index contributed by atoms with van der Waals surface area (Å²) in [4.78, 5) is 41.4. The van der Waals surface area contributed by atoms with Crippen molar-refractivity contribution in [2.75, 3.05) is 6.61 Å². The van der Waals surface area contributed by atoms with Gasteiger partial charge in [0.05, 0.1) is 12.3 Å². The van der Waals surface area contributed by atoms with Crippen LogP contribution in [0.15, 0.2) is 47.0 Å². The van der Waals surface area contributed by atoms with Crippen LogP contribution in [0.1, 0.15) is 25.2 Å². The fourth-order valence-corrected chi connectivity index (χ4v) is 3.87. The first-order valence-corrected chi connectivity index (χ1v) is 10.9. The van der Waals surface area contributed by atoms with Crippen molar-refractivity contribution in [3.63, 3.8) is 0 Å². The Morgan fingerprint density at radius 3 is 2.31 bits per heavy atom. The predicted molar refractivity (Wildman–Crippen MR) is 117 cm³/mol. The Hall–Kier alpha value is -4.32. The van der Waals surface area contributed by atoms with Gasteiger partial charge >= 0.3 is 6.03 Å². The van der Waals surface area contributed by atoms with E-state index in [1.807, 2.05) is 0 Å². The van der Waals surface area contributed by atoms with Gasteiger partial charge in [-0.05, 0) is 49.2 Å². The average molecular weight is 479 g/mol. The third kappa shape index (κ3) is 4.68. The fourth-order valence-electron chi connectivity index (χ4n) is 3.87. The highest BCUT2D eigenvalue weighted by molar-refractivity contribution is 6.21. The minimum absolute atomic E-state index is 0.0201. The zero-order valence-electron chi connectivity index (χ0n) is 18.6. The maximum absolute atomic E-state index is 12.7. The number of nitrogens with zero attached hydrogens (tertiary/aromatic N) is 3. The van der Waals surface area contributed by atoms with Crippen molar-refractivity contribution in [1.82, 2.24) is 25.8 Å². The van der Waals surface area contributed by atoms with Crippen LogP contribution in [0, 0.1) is 6.92 Å². The molecule has 3 aromatic rings. The summed E-state index contributed by atoms with van der Waals surface area (Å²) in [5, 5.41) is 11.9. The molecule has 1 aromatic carbocycles. The Labute approximate surface area is 199 Å². The first-order chi connectivity index (χ1) is 16.9. The second-order valence-corrected chi connectivity index (χ2v) is 8.08. The number of ether oxygens (including phenoxy) is 3. The molecule has 4 amide bonds. The lowest BCUT2D eigenvalue weighted by Crippen LogP contribution is -2.69. The van der Waals surface area contributed by atoms with Crippen LogP contribution < -0.4 is 20.1 Å². The Morgan fingerprint density at radius 2 is 1.71 bits per heavy atom. The van der Waals surface area contributed by atoms with Crippen LogP contribution in [0.25, 0.3) is 11.6 Å². The molecule has 2 N–H and O–H groups in total. The molecule has 4 heterocycles. The predicted octanol–water partition coefficient (Wildman–Crippen LogP) is 2.29. The second-order valence-electron chi connectivity index (χ2n) is 8.08. The van der Waals surface area contributed by atoms with Crippen LogP contribution in [0.4, 0.5) is 4.79 Å². The van der Waals surface area contributed by atoms with E-state index in [1.54, 1.807) is 43.3 Å². The van der Waals surface area contributed by atoms with Gasteiger partial charge in [0, 0.05) is 20.0 Å². The first-order valence-electron chi connectivity index (χ1n) is 10.9. The number of carbonyl (C=O) groups is 3. The number of urea groups is 1. The van der Waals surface area contributed by atoms with Crippen molar-refractivity contribution in [2.45, 2.75) is 37.9 Å². The van der Waals surface area contributed by atoms with Crippen LogP contribution in [-0.4, -0.2) is 51.3 Å². The molecular formula is C23H21N5O7. The number of hydrogen-bond acceptors (Lipinski definition) is 10. The number of hydrogen-bond donors (Lipinski definition) is 2. The third-order valence-corrected chi connectivity index (χ3v) is 5.56. The molecule has 1 atom stereocenters. The van der Waals surface area contributed by atoms with Crippen LogP contribution >= 0.6 is 0 Å². The number of pyridine rings is 1. The van der Waals surface area contributed by atoms with E-state index >= 15 is 0 Å². The highest BCUT2D eigenvalue weighted by Gasteiger charge is 2.54. The van der Waals surface area contributed by atoms with Gasteiger partial charge in [-0.25, -0.2) is 9.78 Å². The smallest absolute Gasteiger partial charge is 0.328 e. The van der Waals surface area contributed by atoms with Crippen molar-refractivity contribution in [3.05, 3.63) is 48.5 Å². The summed E-state index contributed by atoms with van der Waals surface area (Å²) in [5.74, 6) is 0.283. The summed E-state index contributed by atoms with van der Waals surface area (Å²) in [6.45, 7) is 2.23. The quantitative estimate of drug-likeness (QED) is 0.482. The second kappa shape index (κ2) is 9.14. The van der Waals surface area contributed by atoms with Gasteiger partial charge in [0.2, 0.25) is 5.89 Å². The fraction of sp³-hybridized carbons (Fsp3) is 0.304. The number of benzene rings is 1. The van der Waals surface area contributed by atoms with Crippen LogP contribution in [0.3, 0.4) is 0 Å². The van der Waals surface area contributed by atoms with Gasteiger partial charge in [-0.1, -0.05) is 0 Å². The maximum atomic E-state index is 12.7. The van der Waals surface area contributed by atoms with Gasteiger partial charge < -0.3 is 18.6 Å². The zero-order valence-corrected chi connectivity index (χ0v) is 18.6. The van der Waals surface area contributed by atoms with Crippen molar-refractivity contribution >= 4 is 17.8 Å². The molecule has 12 nitrogen and oxygen atoms in total. The zero-order chi connectivity index (χ0) is 24.4. The number of aryl methyl sites for hydroxylation is 1. The molecule has 2 aliphatic rings. The van der Waals surface area contributed by atoms with E-state index < -0.39 is 23.4 Å². The molecule has 35 heavy (non-hydrogen) atoms. The number of aromatic nitrogens is 3. The standard InChI is InChI=1S/C23H21N5O7/c1-13-27-28-19(33-13)18-9-8-17(12-24-18)34-14-4-6-15(7-5-14)35-23(11-16-3-2-10-32-16)20(29)25-22(31)26-21(23)30/h4-9,12,16H,2-3,10-11H2,1H3,(H2,25,26,29,30,31). The van der Waals surface area contributed by atoms with E-state index in [-0.39, 0.29) is 18.3 Å². The van der Waals surface area contributed by atoms with Crippen LogP contribution in [0.2, 0.25) is 0 Å². The van der Waals surface area contributed by atoms with Gasteiger partial charge in [-0.3, -0.25) is 20.2 Å². The summed E-state index contributed by atoms with van der Waals surface area (Å²) in [5.41, 5.74) is -1.42. The average Bonchev–Trinajstić information content (AvgIpc) is 3.51. The summed E-state index contributed by atoms with van der Waals surface area (Å²) in [6.07, 6.45) is 2.66. The molecular weight excluding hydrogens is 458 g/mol. The molecule has 0 aliphatic carbocycles. The maximum Gasteiger partial charge on any atom is 0.328 e. The number of rotatable bonds is 7. The minimum atomic E-state index is -1.93. The van der Waals surface area contributed by atoms with E-state index in [9.17, 15) is 14.4 Å². The van der Waals surface area contributed by atoms with E-state index in [0.29, 0.717) is 42.0 Å². The van der Waals surface area contributed by atoms with Crippen molar-refractivity contribution in [1.29, 1.82) is 0 Å². The molecule has 180 valence electrons. The molecule has 1 unspecified atom stereocenters. The van der Waals surface area contributed by atoms with Gasteiger partial charge in [0.15, 0.2) is 0 Å². The lowest BCUT2D eigenvalue weighted by atomic mass is 9.91. The molecule has 5 rings (SSSR count). The molecule has 2 aromatic heterocycles. The summed E-state index contributed by atoms with van der Waals surface area (Å²) in [7, 11) is 0. The van der Waals surface area contributed by atoms with Crippen LogP contribution in [0.5, 0.6) is 17.2 Å². The monoisotopic (exact) mass is 479 g/mol. The van der Waals surface area contributed by atoms with E-state index in [2.05, 4.69) is 25.8 Å². The third-order valence-electron chi connectivity index (χ3n) is 5.56. The topological polar surface area (TPSA) is 155 Å². The van der Waals surface area contributed by atoms with Crippen molar-refractivity contribution in [3.8, 4) is 28.8 Å². The molecule has 2 fully saturated rings. The van der Waals surface area contributed by atoms with E-state index in [0.717, 1.165) is 6.42 Å². The highest BCUT2D eigenvalue weighted by Crippen LogP contribution is 2.31. The number of carbonyl (C=O) groups excluding carboxylic acids is 3. The normalized spacial score (nSPS) is 19.2. The van der Waals surface area contributed by atoms with Crippen molar-refractivity contribution in [2.24, 2.45) is 0 Å². The van der Waals surface area contributed by atoms with Gasteiger partial charge in [-0.15, -0.1) is 10.2 Å². The van der Waals surface area contributed by atoms with Gasteiger partial charge in [0.1, 0.15) is 22.9 Å². The van der Waals surface area contributed by atoms with Crippen LogP contribution in [-0.2, 0) is 14.3 Å². The molecule has 0 bridgehead atoms. The number of imide groups is 2. The summed E-state index contributed by atoms with van der Waals surface area (Å²) in [6, 6.07) is 8.87.